The molecular formula is C52H60N4+2. The Morgan fingerprint density at radius 2 is 0.768 bits per heavy atom. The van der Waals surface area contributed by atoms with Gasteiger partial charge >= 0.3 is 0 Å². The third kappa shape index (κ3) is 5.58. The normalized spacial score (nSPS) is 31.3. The van der Waals surface area contributed by atoms with Crippen LogP contribution in [0, 0.1) is 60.2 Å². The van der Waals surface area contributed by atoms with E-state index in [9.17, 15) is 0 Å². The molecule has 0 aliphatic heterocycles. The van der Waals surface area contributed by atoms with Crippen molar-refractivity contribution in [2.24, 2.45) is 46.3 Å². The van der Waals surface area contributed by atoms with E-state index in [1.807, 2.05) is 0 Å². The molecule has 56 heavy (non-hydrogen) atoms. The second-order valence-corrected chi connectivity index (χ2v) is 20.6. The maximum atomic E-state index is 2.71. The number of hydrogen-bond acceptors (Lipinski definition) is 0. The summed E-state index contributed by atoms with van der Waals surface area (Å²) < 4.78 is 10.6. The highest BCUT2D eigenvalue weighted by atomic mass is 15.2. The second-order valence-electron chi connectivity index (χ2n) is 20.6. The number of rotatable bonds is 9. The van der Waals surface area contributed by atoms with Gasteiger partial charge in [0.25, 0.3) is 11.6 Å². The van der Waals surface area contributed by atoms with Crippen LogP contribution in [0.25, 0.3) is 33.2 Å². The van der Waals surface area contributed by atoms with Crippen LogP contribution < -0.4 is 9.13 Å². The van der Waals surface area contributed by atoms with Crippen molar-refractivity contribution in [3.63, 3.8) is 0 Å². The molecule has 8 aliphatic carbocycles. The molecule has 4 heteroatoms. The molecule has 0 spiro atoms. The average Bonchev–Trinajstić information content (AvgIpc) is 3.59. The predicted octanol–water partition coefficient (Wildman–Crippen LogP) is 11.0. The zero-order valence-corrected chi connectivity index (χ0v) is 33.8. The number of fused-ring (bicyclic) bond motifs is 2. The van der Waals surface area contributed by atoms with E-state index in [0.29, 0.717) is 10.8 Å². The van der Waals surface area contributed by atoms with Crippen molar-refractivity contribution in [1.29, 1.82) is 0 Å². The first kappa shape index (κ1) is 33.9. The van der Waals surface area contributed by atoms with Crippen LogP contribution in [-0.2, 0) is 26.2 Å². The summed E-state index contributed by atoms with van der Waals surface area (Å²) >= 11 is 0. The van der Waals surface area contributed by atoms with E-state index in [2.05, 4.69) is 129 Å². The Labute approximate surface area is 333 Å². The van der Waals surface area contributed by atoms with Crippen molar-refractivity contribution in [3.8, 4) is 11.1 Å². The summed E-state index contributed by atoms with van der Waals surface area (Å²) in [4.78, 5) is 0. The predicted molar refractivity (Wildman–Crippen MR) is 225 cm³/mol. The first-order chi connectivity index (χ1) is 27.3. The zero-order valence-electron chi connectivity index (χ0n) is 33.8. The third-order valence-electron chi connectivity index (χ3n) is 16.7. The Bertz CT molecular complexity index is 2210. The summed E-state index contributed by atoms with van der Waals surface area (Å²) in [6.07, 6.45) is 17.8. The van der Waals surface area contributed by atoms with Gasteiger partial charge in [0.15, 0.2) is 22.1 Å². The van der Waals surface area contributed by atoms with Crippen molar-refractivity contribution in [2.45, 2.75) is 117 Å². The monoisotopic (exact) mass is 740 g/mol. The van der Waals surface area contributed by atoms with Gasteiger partial charge in [0.05, 0.1) is 13.1 Å². The minimum absolute atomic E-state index is 0.514. The van der Waals surface area contributed by atoms with Gasteiger partial charge in [-0.1, -0.05) is 72.8 Å². The van der Waals surface area contributed by atoms with Gasteiger partial charge < -0.3 is 0 Å². The molecule has 2 aromatic heterocycles. The van der Waals surface area contributed by atoms with Crippen molar-refractivity contribution < 1.29 is 9.13 Å². The fraction of sp³-hybridized carbons (Fsp3) is 0.500. The lowest BCUT2D eigenvalue weighted by Crippen LogP contribution is -2.48. The molecule has 286 valence electrons. The molecule has 0 amide bonds. The summed E-state index contributed by atoms with van der Waals surface area (Å²) in [5, 5.41) is 0. The molecule has 8 saturated carbocycles. The maximum Gasteiger partial charge on any atom is 0.254 e. The first-order valence-corrected chi connectivity index (χ1v) is 22.5. The lowest BCUT2D eigenvalue weighted by molar-refractivity contribution is -0.669. The summed E-state index contributed by atoms with van der Waals surface area (Å²) in [6, 6.07) is 37.1. The molecule has 2 heterocycles. The van der Waals surface area contributed by atoms with Crippen molar-refractivity contribution in [2.75, 3.05) is 0 Å². The second kappa shape index (κ2) is 12.7. The van der Waals surface area contributed by atoms with Crippen LogP contribution in [0.4, 0.5) is 0 Å². The van der Waals surface area contributed by atoms with Gasteiger partial charge in [-0.2, -0.15) is 0 Å². The van der Waals surface area contributed by atoms with E-state index in [-0.39, 0.29) is 0 Å². The van der Waals surface area contributed by atoms with Crippen LogP contribution in [-0.4, -0.2) is 9.13 Å². The molecule has 0 N–H and O–H groups in total. The molecule has 8 fully saturated rings. The van der Waals surface area contributed by atoms with Gasteiger partial charge in [0.2, 0.25) is 0 Å². The summed E-state index contributed by atoms with van der Waals surface area (Å²) in [7, 11) is 0. The fourth-order valence-electron chi connectivity index (χ4n) is 15.2. The number of nitrogens with zero attached hydrogens (tertiary/aromatic N) is 4. The summed E-state index contributed by atoms with van der Waals surface area (Å²) in [5.74, 6) is 8.74. The molecule has 8 aliphatic rings. The molecule has 14 rings (SSSR count). The summed E-state index contributed by atoms with van der Waals surface area (Å²) in [6.45, 7) is 8.97. The standard InChI is InChI=1S/C52H60N4/c1-35-53(47-7-3-5-9-49(47)55(35)33-51-25-39-19-40(26-51)21-41(20-39)27-51)31-37-11-15-45(16-12-37)46-17-13-38(14-18-46)32-54-36(2)56(50-10-6-4-8-48(50)54)34-52-28-42-22-43(29-52)24-44(23-42)30-52/h3-18,39-44H,19-34H2,1-2H3/q+2. The molecule has 0 saturated heterocycles. The highest BCUT2D eigenvalue weighted by Crippen LogP contribution is 2.62. The third-order valence-corrected chi connectivity index (χ3v) is 16.7. The molecule has 0 unspecified atom stereocenters. The van der Waals surface area contributed by atoms with E-state index >= 15 is 0 Å². The van der Waals surface area contributed by atoms with Gasteiger partial charge in [-0.25, -0.2) is 18.3 Å². The molecule has 6 aromatic rings. The van der Waals surface area contributed by atoms with Gasteiger partial charge in [0.1, 0.15) is 13.1 Å². The van der Waals surface area contributed by atoms with Crippen LogP contribution in [0.5, 0.6) is 0 Å². The topological polar surface area (TPSA) is 17.6 Å². The molecule has 4 aromatic carbocycles. The van der Waals surface area contributed by atoms with Gasteiger partial charge in [-0.15, -0.1) is 0 Å². The Balaban J connectivity index is 0.772. The van der Waals surface area contributed by atoms with E-state index in [1.165, 1.54) is 146 Å². The van der Waals surface area contributed by atoms with Crippen LogP contribution >= 0.6 is 0 Å². The number of para-hydroxylation sites is 4. The van der Waals surface area contributed by atoms with Crippen molar-refractivity contribution in [3.05, 3.63) is 120 Å². The smallest absolute Gasteiger partial charge is 0.227 e. The highest BCUT2D eigenvalue weighted by molar-refractivity contribution is 5.73. The Kier molecular flexibility index (Phi) is 7.67. The van der Waals surface area contributed by atoms with Crippen LogP contribution in [0.3, 0.4) is 0 Å². The van der Waals surface area contributed by atoms with Gasteiger partial charge in [0, 0.05) is 24.7 Å². The van der Waals surface area contributed by atoms with Crippen molar-refractivity contribution >= 4 is 22.1 Å². The Morgan fingerprint density at radius 3 is 1.11 bits per heavy atom. The number of hydrogen-bond donors (Lipinski definition) is 0. The number of aromatic nitrogens is 4. The van der Waals surface area contributed by atoms with Crippen molar-refractivity contribution in [1.82, 2.24) is 9.13 Å². The van der Waals surface area contributed by atoms with E-state index in [0.717, 1.165) is 48.6 Å². The molecule has 0 atom stereocenters. The minimum atomic E-state index is 0.514. The Hall–Kier alpha value is -4.18. The Morgan fingerprint density at radius 1 is 0.446 bits per heavy atom. The first-order valence-electron chi connectivity index (χ1n) is 22.5. The van der Waals surface area contributed by atoms with E-state index in [1.54, 1.807) is 0 Å². The fourth-order valence-corrected chi connectivity index (χ4v) is 15.2. The quantitative estimate of drug-likeness (QED) is 0.131. The van der Waals surface area contributed by atoms with Crippen LogP contribution in [0.2, 0.25) is 0 Å². The lowest BCUT2D eigenvalue weighted by Gasteiger charge is -2.56. The summed E-state index contributed by atoms with van der Waals surface area (Å²) in [5.41, 5.74) is 11.9. The largest absolute Gasteiger partial charge is 0.254 e. The maximum absolute atomic E-state index is 2.71. The highest BCUT2D eigenvalue weighted by Gasteiger charge is 2.53. The molecule has 0 radical (unpaired) electrons. The molecule has 4 nitrogen and oxygen atoms in total. The molecule has 8 bridgehead atoms. The SMILES string of the molecule is Cc1n(CC23CC4CC(CC(C4)C2)C3)c2ccccc2[n+]1Cc1ccc(-c2ccc(C[n+]3c(C)n(CC45CC6CC(CC(C6)C4)C5)c4ccccc43)cc2)cc1. The van der Waals surface area contributed by atoms with Gasteiger partial charge in [-0.3, -0.25) is 0 Å². The lowest BCUT2D eigenvalue weighted by atomic mass is 9.49. The van der Waals surface area contributed by atoms with Gasteiger partial charge in [-0.05, 0) is 159 Å². The van der Waals surface area contributed by atoms with E-state index < -0.39 is 0 Å². The van der Waals surface area contributed by atoms with Crippen LogP contribution in [0.15, 0.2) is 97.1 Å². The van der Waals surface area contributed by atoms with E-state index in [4.69, 9.17) is 0 Å². The minimum Gasteiger partial charge on any atom is -0.227 e. The number of imidazole rings is 2. The zero-order chi connectivity index (χ0) is 37.2. The molecular weight excluding hydrogens is 681 g/mol. The average molecular weight is 741 g/mol. The number of benzene rings is 4. The van der Waals surface area contributed by atoms with Crippen LogP contribution in [0.1, 0.15) is 99.8 Å².